The van der Waals surface area contributed by atoms with Gasteiger partial charge in [0.1, 0.15) is 5.82 Å². The summed E-state index contributed by atoms with van der Waals surface area (Å²) in [6, 6.07) is 10.2. The summed E-state index contributed by atoms with van der Waals surface area (Å²) >= 11 is 1.82. The number of thioether (sulfide) groups is 1. The van der Waals surface area contributed by atoms with E-state index in [2.05, 4.69) is 53.5 Å². The fourth-order valence-electron chi connectivity index (χ4n) is 1.95. The normalized spacial score (nSPS) is 10.6. The van der Waals surface area contributed by atoms with Crippen molar-refractivity contribution in [2.24, 2.45) is 5.84 Å². The number of benzene rings is 1. The summed E-state index contributed by atoms with van der Waals surface area (Å²) in [4.78, 5) is 10.3. The molecule has 0 fully saturated rings. The first-order valence-electron chi connectivity index (χ1n) is 6.84. The Morgan fingerprint density at radius 2 is 1.90 bits per heavy atom. The summed E-state index contributed by atoms with van der Waals surface area (Å²) in [5.41, 5.74) is 4.64. The van der Waals surface area contributed by atoms with Gasteiger partial charge in [0, 0.05) is 22.2 Å². The molecule has 0 aliphatic carbocycles. The van der Waals surface area contributed by atoms with Gasteiger partial charge >= 0.3 is 0 Å². The largest absolute Gasteiger partial charge is 0.308 e. The SMILES string of the molecule is CCCc1cc(NN)nc(-c2ccc(SCC)cc2)n1. The second-order valence-electron chi connectivity index (χ2n) is 4.42. The molecule has 0 spiro atoms. The van der Waals surface area contributed by atoms with Crippen molar-refractivity contribution in [1.82, 2.24) is 9.97 Å². The summed E-state index contributed by atoms with van der Waals surface area (Å²) in [5.74, 6) is 7.93. The fourth-order valence-corrected chi connectivity index (χ4v) is 2.61. The van der Waals surface area contributed by atoms with Gasteiger partial charge in [-0.15, -0.1) is 11.8 Å². The van der Waals surface area contributed by atoms with E-state index in [0.717, 1.165) is 35.7 Å². The van der Waals surface area contributed by atoms with E-state index in [1.54, 1.807) is 0 Å². The molecule has 0 atom stereocenters. The number of anilines is 1. The van der Waals surface area contributed by atoms with Crippen molar-refractivity contribution in [1.29, 1.82) is 0 Å². The Labute approximate surface area is 124 Å². The van der Waals surface area contributed by atoms with E-state index >= 15 is 0 Å². The Kier molecular flexibility index (Phi) is 5.38. The highest BCUT2D eigenvalue weighted by Crippen LogP contribution is 2.23. The van der Waals surface area contributed by atoms with Gasteiger partial charge in [0.05, 0.1) is 0 Å². The summed E-state index contributed by atoms with van der Waals surface area (Å²) in [5, 5.41) is 0. The minimum absolute atomic E-state index is 0.658. The lowest BCUT2D eigenvalue weighted by atomic mass is 10.2. The zero-order valence-electron chi connectivity index (χ0n) is 11.9. The van der Waals surface area contributed by atoms with Crippen LogP contribution in [0.4, 0.5) is 5.82 Å². The fraction of sp³-hybridized carbons (Fsp3) is 0.333. The summed E-state index contributed by atoms with van der Waals surface area (Å²) < 4.78 is 0. The molecule has 0 aliphatic rings. The van der Waals surface area contributed by atoms with Gasteiger partial charge in [0.25, 0.3) is 0 Å². The van der Waals surface area contributed by atoms with Gasteiger partial charge in [-0.2, -0.15) is 0 Å². The van der Waals surface area contributed by atoms with Gasteiger partial charge in [0.2, 0.25) is 0 Å². The average Bonchev–Trinajstić information content (AvgIpc) is 2.48. The molecule has 1 aromatic heterocycles. The number of aromatic nitrogens is 2. The third kappa shape index (κ3) is 3.71. The minimum Gasteiger partial charge on any atom is -0.308 e. The first-order valence-corrected chi connectivity index (χ1v) is 7.83. The van der Waals surface area contributed by atoms with Crippen molar-refractivity contribution < 1.29 is 0 Å². The molecule has 0 aliphatic heterocycles. The molecule has 106 valence electrons. The third-order valence-electron chi connectivity index (χ3n) is 2.86. The predicted octanol–water partition coefficient (Wildman–Crippen LogP) is 3.49. The third-order valence-corrected chi connectivity index (χ3v) is 3.75. The maximum atomic E-state index is 5.48. The number of nitrogens with one attached hydrogen (secondary N) is 1. The van der Waals surface area contributed by atoms with Crippen LogP contribution in [-0.2, 0) is 6.42 Å². The van der Waals surface area contributed by atoms with Gasteiger partial charge in [0.15, 0.2) is 5.82 Å². The smallest absolute Gasteiger partial charge is 0.161 e. The number of hydrogen-bond donors (Lipinski definition) is 2. The Bertz CT molecular complexity index is 554. The Balaban J connectivity index is 2.32. The van der Waals surface area contributed by atoms with Crippen LogP contribution >= 0.6 is 11.8 Å². The predicted molar refractivity (Wildman–Crippen MR) is 85.7 cm³/mol. The molecule has 5 heteroatoms. The monoisotopic (exact) mass is 288 g/mol. The molecule has 1 heterocycles. The van der Waals surface area contributed by atoms with Gasteiger partial charge in [-0.25, -0.2) is 15.8 Å². The first kappa shape index (κ1) is 14.8. The summed E-state index contributed by atoms with van der Waals surface area (Å²) in [6.07, 6.45) is 1.97. The molecule has 2 aromatic rings. The molecule has 0 radical (unpaired) electrons. The molecule has 0 saturated heterocycles. The van der Waals surface area contributed by atoms with Crippen molar-refractivity contribution in [3.05, 3.63) is 36.0 Å². The number of nitrogens with zero attached hydrogens (tertiary/aromatic N) is 2. The molecule has 4 nitrogen and oxygen atoms in total. The highest BCUT2D eigenvalue weighted by Gasteiger charge is 2.06. The standard InChI is InChI=1S/C15H20N4S/c1-3-5-12-10-14(19-16)18-15(17-12)11-6-8-13(9-7-11)20-4-2/h6-10H,3-5,16H2,1-2H3,(H,17,18,19). The van der Waals surface area contributed by atoms with Crippen molar-refractivity contribution >= 4 is 17.6 Å². The van der Waals surface area contributed by atoms with Crippen LogP contribution in [0.5, 0.6) is 0 Å². The first-order chi connectivity index (χ1) is 9.76. The number of nitrogen functional groups attached to an aromatic ring is 1. The van der Waals surface area contributed by atoms with Crippen molar-refractivity contribution in [2.75, 3.05) is 11.2 Å². The van der Waals surface area contributed by atoms with Crippen LogP contribution in [0.3, 0.4) is 0 Å². The highest BCUT2D eigenvalue weighted by molar-refractivity contribution is 7.99. The zero-order valence-corrected chi connectivity index (χ0v) is 12.7. The second kappa shape index (κ2) is 7.26. The minimum atomic E-state index is 0.658. The second-order valence-corrected chi connectivity index (χ2v) is 5.76. The lowest BCUT2D eigenvalue weighted by Gasteiger charge is -2.08. The number of nitrogens with two attached hydrogens (primary N) is 1. The molecule has 2 rings (SSSR count). The Morgan fingerprint density at radius 1 is 1.15 bits per heavy atom. The van der Waals surface area contributed by atoms with Crippen LogP contribution in [-0.4, -0.2) is 15.7 Å². The van der Waals surface area contributed by atoms with E-state index in [9.17, 15) is 0 Å². The molecule has 3 N–H and O–H groups in total. The van der Waals surface area contributed by atoms with Crippen LogP contribution in [0.1, 0.15) is 26.0 Å². The van der Waals surface area contributed by atoms with Gasteiger partial charge in [-0.1, -0.05) is 32.4 Å². The quantitative estimate of drug-likeness (QED) is 0.484. The zero-order chi connectivity index (χ0) is 14.4. The van der Waals surface area contributed by atoms with E-state index in [0.29, 0.717) is 5.82 Å². The van der Waals surface area contributed by atoms with Crippen LogP contribution in [0.15, 0.2) is 35.2 Å². The molecule has 0 amide bonds. The molecule has 0 saturated carbocycles. The molecule has 1 aromatic carbocycles. The molecular weight excluding hydrogens is 268 g/mol. The summed E-state index contributed by atoms with van der Waals surface area (Å²) in [6.45, 7) is 4.28. The van der Waals surface area contributed by atoms with Crippen LogP contribution < -0.4 is 11.3 Å². The van der Waals surface area contributed by atoms with E-state index in [1.807, 2.05) is 17.8 Å². The van der Waals surface area contributed by atoms with Crippen LogP contribution in [0.2, 0.25) is 0 Å². The van der Waals surface area contributed by atoms with E-state index in [-0.39, 0.29) is 0 Å². The lowest BCUT2D eigenvalue weighted by molar-refractivity contribution is 0.875. The van der Waals surface area contributed by atoms with Gasteiger partial charge < -0.3 is 5.43 Å². The summed E-state index contributed by atoms with van der Waals surface area (Å²) in [7, 11) is 0. The number of hydrazine groups is 1. The van der Waals surface area contributed by atoms with Gasteiger partial charge in [-0.05, 0) is 24.3 Å². The number of rotatable bonds is 6. The Hall–Kier alpha value is -1.59. The van der Waals surface area contributed by atoms with E-state index in [4.69, 9.17) is 5.84 Å². The highest BCUT2D eigenvalue weighted by atomic mass is 32.2. The topological polar surface area (TPSA) is 63.8 Å². The molecular formula is C15H20N4S. The maximum absolute atomic E-state index is 5.48. The molecule has 20 heavy (non-hydrogen) atoms. The Morgan fingerprint density at radius 3 is 2.50 bits per heavy atom. The van der Waals surface area contributed by atoms with Crippen molar-refractivity contribution in [2.45, 2.75) is 31.6 Å². The molecule has 0 bridgehead atoms. The lowest BCUT2D eigenvalue weighted by Crippen LogP contribution is -2.10. The van der Waals surface area contributed by atoms with E-state index in [1.165, 1.54) is 4.90 Å². The van der Waals surface area contributed by atoms with Crippen molar-refractivity contribution in [3.63, 3.8) is 0 Å². The van der Waals surface area contributed by atoms with E-state index < -0.39 is 0 Å². The molecule has 0 unspecified atom stereocenters. The van der Waals surface area contributed by atoms with Crippen LogP contribution in [0.25, 0.3) is 11.4 Å². The number of aryl methyl sites for hydroxylation is 1. The maximum Gasteiger partial charge on any atom is 0.161 e. The van der Waals surface area contributed by atoms with Crippen molar-refractivity contribution in [3.8, 4) is 11.4 Å². The number of hydrogen-bond acceptors (Lipinski definition) is 5. The van der Waals surface area contributed by atoms with Gasteiger partial charge in [-0.3, -0.25) is 0 Å². The van der Waals surface area contributed by atoms with Crippen LogP contribution in [0, 0.1) is 0 Å². The average molecular weight is 288 g/mol.